The summed E-state index contributed by atoms with van der Waals surface area (Å²) in [5.74, 6) is -1.06. The van der Waals surface area contributed by atoms with E-state index in [2.05, 4.69) is 4.72 Å². The van der Waals surface area contributed by atoms with E-state index in [0.717, 1.165) is 12.1 Å². The summed E-state index contributed by atoms with van der Waals surface area (Å²) < 4.78 is 39.7. The van der Waals surface area contributed by atoms with Crippen LogP contribution in [0.25, 0.3) is 0 Å². The van der Waals surface area contributed by atoms with E-state index in [9.17, 15) is 22.9 Å². The molecule has 0 heterocycles. The number of hydrogen-bond acceptors (Lipinski definition) is 5. The molecule has 20 heavy (non-hydrogen) atoms. The molecule has 1 aromatic rings. The molecule has 0 bridgehead atoms. The molecular formula is C11H16FN3O4S. The van der Waals surface area contributed by atoms with Crippen LogP contribution in [0.1, 0.15) is 18.4 Å². The number of nitrogens with one attached hydrogen (secondary N) is 1. The van der Waals surface area contributed by atoms with E-state index in [0.29, 0.717) is 19.4 Å². The highest BCUT2D eigenvalue weighted by Gasteiger charge is 2.23. The molecule has 7 nitrogen and oxygen atoms in total. The summed E-state index contributed by atoms with van der Waals surface area (Å²) in [4.78, 5) is 9.40. The Kier molecular flexibility index (Phi) is 5.54. The molecule has 112 valence electrons. The van der Waals surface area contributed by atoms with E-state index in [1.807, 2.05) is 0 Å². The summed E-state index contributed by atoms with van der Waals surface area (Å²) >= 11 is 0. The lowest BCUT2D eigenvalue weighted by Gasteiger charge is -2.09. The van der Waals surface area contributed by atoms with Crippen LogP contribution in [-0.4, -0.2) is 26.4 Å². The van der Waals surface area contributed by atoms with Crippen molar-refractivity contribution in [3.63, 3.8) is 0 Å². The maximum atomic E-state index is 13.4. The zero-order valence-corrected chi connectivity index (χ0v) is 11.7. The van der Waals surface area contributed by atoms with E-state index in [-0.39, 0.29) is 17.0 Å². The van der Waals surface area contributed by atoms with Gasteiger partial charge in [-0.1, -0.05) is 0 Å². The number of halogens is 1. The van der Waals surface area contributed by atoms with Gasteiger partial charge in [0.15, 0.2) is 0 Å². The van der Waals surface area contributed by atoms with Crippen LogP contribution >= 0.6 is 0 Å². The van der Waals surface area contributed by atoms with Crippen molar-refractivity contribution in [2.75, 3.05) is 13.1 Å². The first-order valence-electron chi connectivity index (χ1n) is 5.94. The zero-order chi connectivity index (χ0) is 15.3. The van der Waals surface area contributed by atoms with Gasteiger partial charge in [-0.15, -0.1) is 0 Å². The van der Waals surface area contributed by atoms with Gasteiger partial charge in [0.25, 0.3) is 0 Å². The number of nitrogens with zero attached hydrogens (tertiary/aromatic N) is 1. The van der Waals surface area contributed by atoms with Gasteiger partial charge in [-0.25, -0.2) is 13.1 Å². The van der Waals surface area contributed by atoms with Crippen molar-refractivity contribution in [3.8, 4) is 0 Å². The Bertz CT molecular complexity index is 604. The number of nitrogens with two attached hydrogens (primary N) is 1. The lowest BCUT2D eigenvalue weighted by Crippen LogP contribution is -2.26. The first kappa shape index (κ1) is 16.5. The normalized spacial score (nSPS) is 11.6. The molecule has 1 aromatic carbocycles. The summed E-state index contributed by atoms with van der Waals surface area (Å²) in [6.07, 6.45) is 1.21. The SMILES string of the molecule is Cc1cc(F)c([N+](=O)[O-])cc1S(=O)(=O)NCCCCN. The molecule has 9 heteroatoms. The van der Waals surface area contributed by atoms with Crippen LogP contribution in [-0.2, 0) is 10.0 Å². The fourth-order valence-corrected chi connectivity index (χ4v) is 2.94. The smallest absolute Gasteiger partial charge is 0.306 e. The van der Waals surface area contributed by atoms with E-state index < -0.39 is 26.5 Å². The molecule has 0 fully saturated rings. The Labute approximate surface area is 116 Å². The predicted molar refractivity (Wildman–Crippen MR) is 71.3 cm³/mol. The molecule has 0 saturated carbocycles. The third-order valence-electron chi connectivity index (χ3n) is 2.65. The number of aryl methyl sites for hydroxylation is 1. The van der Waals surface area contributed by atoms with Gasteiger partial charge in [-0.2, -0.15) is 4.39 Å². The molecule has 0 aliphatic heterocycles. The van der Waals surface area contributed by atoms with Crippen molar-refractivity contribution < 1.29 is 17.7 Å². The molecule has 0 unspecified atom stereocenters. The summed E-state index contributed by atoms with van der Waals surface area (Å²) in [5, 5.41) is 10.6. The molecule has 0 atom stereocenters. The van der Waals surface area contributed by atoms with Gasteiger partial charge < -0.3 is 5.73 Å². The lowest BCUT2D eigenvalue weighted by atomic mass is 10.2. The van der Waals surface area contributed by atoms with Crippen molar-refractivity contribution in [1.29, 1.82) is 0 Å². The number of unbranched alkanes of at least 4 members (excludes halogenated alkanes) is 1. The molecule has 0 aliphatic carbocycles. The molecule has 0 radical (unpaired) electrons. The summed E-state index contributed by atoms with van der Waals surface area (Å²) in [7, 11) is -3.91. The summed E-state index contributed by atoms with van der Waals surface area (Å²) in [5.41, 5.74) is 4.54. The molecule has 0 aromatic heterocycles. The van der Waals surface area contributed by atoms with Crippen LogP contribution in [0.2, 0.25) is 0 Å². The van der Waals surface area contributed by atoms with Crippen LogP contribution < -0.4 is 10.5 Å². The molecule has 0 amide bonds. The number of benzene rings is 1. The summed E-state index contributed by atoms with van der Waals surface area (Å²) in [6.45, 7) is 1.99. The molecule has 0 spiro atoms. The minimum Gasteiger partial charge on any atom is -0.330 e. The quantitative estimate of drug-likeness (QED) is 0.444. The third-order valence-corrected chi connectivity index (χ3v) is 4.26. The monoisotopic (exact) mass is 305 g/mol. The standard InChI is InChI=1S/C11H16FN3O4S/c1-8-6-9(12)10(15(16)17)7-11(8)20(18,19)14-5-3-2-4-13/h6-7,14H,2-5,13H2,1H3. The second-order valence-electron chi connectivity index (χ2n) is 4.22. The first-order chi connectivity index (χ1) is 9.29. The minimum absolute atomic E-state index is 0.111. The Hall–Kier alpha value is -1.58. The number of sulfonamides is 1. The highest BCUT2D eigenvalue weighted by atomic mass is 32.2. The van der Waals surface area contributed by atoms with Crippen molar-refractivity contribution in [2.45, 2.75) is 24.7 Å². The van der Waals surface area contributed by atoms with E-state index >= 15 is 0 Å². The number of nitro benzene ring substituents is 1. The lowest BCUT2D eigenvalue weighted by molar-refractivity contribution is -0.387. The van der Waals surface area contributed by atoms with Crippen molar-refractivity contribution in [1.82, 2.24) is 4.72 Å². The largest absolute Gasteiger partial charge is 0.330 e. The fraction of sp³-hybridized carbons (Fsp3) is 0.455. The van der Waals surface area contributed by atoms with Crippen LogP contribution in [0.5, 0.6) is 0 Å². The third kappa shape index (κ3) is 3.95. The Morgan fingerprint density at radius 3 is 2.60 bits per heavy atom. The molecule has 0 saturated heterocycles. The van der Waals surface area contributed by atoms with E-state index in [1.54, 1.807) is 0 Å². The average molecular weight is 305 g/mol. The highest BCUT2D eigenvalue weighted by Crippen LogP contribution is 2.25. The van der Waals surface area contributed by atoms with E-state index in [4.69, 9.17) is 5.73 Å². The average Bonchev–Trinajstić information content (AvgIpc) is 2.33. The van der Waals surface area contributed by atoms with Crippen LogP contribution in [0.3, 0.4) is 0 Å². The fourth-order valence-electron chi connectivity index (χ4n) is 1.63. The topological polar surface area (TPSA) is 115 Å². The van der Waals surface area contributed by atoms with Crippen LogP contribution in [0.15, 0.2) is 17.0 Å². The molecule has 0 aliphatic rings. The molecular weight excluding hydrogens is 289 g/mol. The zero-order valence-electron chi connectivity index (χ0n) is 10.9. The first-order valence-corrected chi connectivity index (χ1v) is 7.42. The Morgan fingerprint density at radius 1 is 1.40 bits per heavy atom. The second-order valence-corrected chi connectivity index (χ2v) is 5.96. The van der Waals surface area contributed by atoms with Crippen molar-refractivity contribution in [2.24, 2.45) is 5.73 Å². The van der Waals surface area contributed by atoms with Crippen LogP contribution in [0.4, 0.5) is 10.1 Å². The van der Waals surface area contributed by atoms with Crippen molar-refractivity contribution >= 4 is 15.7 Å². The van der Waals surface area contributed by atoms with Gasteiger partial charge in [-0.3, -0.25) is 10.1 Å². The van der Waals surface area contributed by atoms with E-state index in [1.165, 1.54) is 6.92 Å². The summed E-state index contributed by atoms with van der Waals surface area (Å²) in [6, 6.07) is 1.57. The second kappa shape index (κ2) is 6.73. The van der Waals surface area contributed by atoms with Gasteiger partial charge in [0.2, 0.25) is 15.8 Å². The number of rotatable bonds is 7. The van der Waals surface area contributed by atoms with Gasteiger partial charge in [0.05, 0.1) is 9.82 Å². The Balaban J connectivity index is 3.05. The minimum atomic E-state index is -3.91. The predicted octanol–water partition coefficient (Wildman–Crippen LogP) is 1.06. The number of nitro groups is 1. The van der Waals surface area contributed by atoms with Gasteiger partial charge >= 0.3 is 5.69 Å². The number of hydrogen-bond donors (Lipinski definition) is 2. The van der Waals surface area contributed by atoms with Gasteiger partial charge in [0, 0.05) is 12.6 Å². The Morgan fingerprint density at radius 2 is 2.05 bits per heavy atom. The maximum absolute atomic E-state index is 13.4. The maximum Gasteiger partial charge on any atom is 0.306 e. The molecule has 3 N–H and O–H groups in total. The molecule has 1 rings (SSSR count). The van der Waals surface area contributed by atoms with Gasteiger partial charge in [0.1, 0.15) is 0 Å². The van der Waals surface area contributed by atoms with Crippen molar-refractivity contribution in [3.05, 3.63) is 33.6 Å². The van der Waals surface area contributed by atoms with Crippen LogP contribution in [0, 0.1) is 22.9 Å². The van der Waals surface area contributed by atoms with Gasteiger partial charge in [-0.05, 0) is 37.9 Å². The highest BCUT2D eigenvalue weighted by molar-refractivity contribution is 7.89.